The summed E-state index contributed by atoms with van der Waals surface area (Å²) in [5.74, 6) is -0.517. The number of nitrogens with zero attached hydrogens (tertiary/aromatic N) is 2. The van der Waals surface area contributed by atoms with Crippen molar-refractivity contribution in [2.45, 2.75) is 51.0 Å². The zero-order valence-corrected chi connectivity index (χ0v) is 23.1. The third kappa shape index (κ3) is 6.80. The number of aliphatic carboxylic acids is 1. The van der Waals surface area contributed by atoms with Gasteiger partial charge in [-0.2, -0.15) is 0 Å². The number of aliphatic imine (C=N–C) groups is 1. The Hall–Kier alpha value is -3.91. The second kappa shape index (κ2) is 12.5. The molecule has 6 nitrogen and oxygen atoms in total. The molecule has 1 saturated heterocycles. The first-order valence-corrected chi connectivity index (χ1v) is 14.3. The first kappa shape index (κ1) is 27.6. The smallest absolute Gasteiger partial charge is 0.307 e. The normalized spacial score (nSPS) is 18.1. The number of ether oxygens (including phenoxy) is 1. The molecule has 2 fully saturated rings. The molecule has 1 heterocycles. The molecule has 0 spiro atoms. The highest BCUT2D eigenvalue weighted by molar-refractivity contribution is 8.18. The molecule has 8 heteroatoms. The summed E-state index contributed by atoms with van der Waals surface area (Å²) in [4.78, 5) is 30.0. The summed E-state index contributed by atoms with van der Waals surface area (Å²) in [6.07, 6.45) is 7.97. The van der Waals surface area contributed by atoms with E-state index >= 15 is 0 Å². The van der Waals surface area contributed by atoms with Crippen LogP contribution in [0.5, 0.6) is 5.75 Å². The quantitative estimate of drug-likeness (QED) is 0.293. The number of hydrogen-bond acceptors (Lipinski definition) is 5. The maximum absolute atomic E-state index is 14.3. The molecular weight excluding hydrogens is 527 g/mol. The van der Waals surface area contributed by atoms with E-state index in [1.165, 1.54) is 66.5 Å². The molecule has 40 heavy (non-hydrogen) atoms. The Morgan fingerprint density at radius 3 is 2.48 bits per heavy atom. The Balaban J connectivity index is 1.19. The Kier molecular flexibility index (Phi) is 8.65. The molecule has 1 aliphatic carbocycles. The number of rotatable bonds is 8. The van der Waals surface area contributed by atoms with Crippen LogP contribution in [-0.2, 0) is 22.6 Å². The van der Waals surface area contributed by atoms with Crippen LogP contribution in [0.1, 0.15) is 60.3 Å². The number of thioether (sulfide) groups is 1. The van der Waals surface area contributed by atoms with Crippen molar-refractivity contribution in [1.29, 1.82) is 0 Å². The number of benzene rings is 3. The highest BCUT2D eigenvalue weighted by Gasteiger charge is 2.30. The van der Waals surface area contributed by atoms with Crippen LogP contribution in [0.25, 0.3) is 6.08 Å². The van der Waals surface area contributed by atoms with Gasteiger partial charge in [0.25, 0.3) is 5.91 Å². The van der Waals surface area contributed by atoms with Gasteiger partial charge in [0, 0.05) is 7.05 Å². The first-order chi connectivity index (χ1) is 19.4. The van der Waals surface area contributed by atoms with E-state index in [2.05, 4.69) is 29.3 Å². The van der Waals surface area contributed by atoms with Crippen molar-refractivity contribution in [3.8, 4) is 5.75 Å². The van der Waals surface area contributed by atoms with Gasteiger partial charge in [-0.15, -0.1) is 0 Å². The highest BCUT2D eigenvalue weighted by atomic mass is 32.2. The third-order valence-electron chi connectivity index (χ3n) is 7.25. The average molecular weight is 559 g/mol. The van der Waals surface area contributed by atoms with E-state index in [0.29, 0.717) is 28.3 Å². The number of amides is 1. The van der Waals surface area contributed by atoms with Crippen molar-refractivity contribution in [3.63, 3.8) is 0 Å². The van der Waals surface area contributed by atoms with E-state index in [1.807, 2.05) is 24.3 Å². The van der Waals surface area contributed by atoms with Gasteiger partial charge in [0.05, 0.1) is 17.0 Å². The average Bonchev–Trinajstić information content (AvgIpc) is 3.22. The standard InChI is InChI=1S/C32H31FN2O4S/c1-35-31(38)29(40-32(35)34-26-14-13-25(18-30(36)37)28(33)19-26)17-21-9-15-27(16-10-21)39-20-22-7-11-24(12-8-22)23-5-3-2-4-6-23/h7-17,19,23H,2-6,18,20H2,1H3,(H,36,37)/b29-17-,34-32+. The Morgan fingerprint density at radius 1 is 1.07 bits per heavy atom. The van der Waals surface area contributed by atoms with Crippen LogP contribution in [0.15, 0.2) is 76.6 Å². The molecule has 5 rings (SSSR count). The van der Waals surface area contributed by atoms with Gasteiger partial charge in [-0.05, 0) is 83.1 Å². The largest absolute Gasteiger partial charge is 0.489 e. The van der Waals surface area contributed by atoms with Crippen LogP contribution in [0.3, 0.4) is 0 Å². The molecule has 2 aliphatic rings. The number of carboxylic acid groups (broad SMARTS) is 1. The molecule has 0 aromatic heterocycles. The van der Waals surface area contributed by atoms with Crippen molar-refractivity contribution in [2.75, 3.05) is 7.05 Å². The van der Waals surface area contributed by atoms with Gasteiger partial charge in [0.2, 0.25) is 0 Å². The SMILES string of the molecule is CN1C(=O)/C(=C/c2ccc(OCc3ccc(C4CCCCC4)cc3)cc2)S/C1=N/c1ccc(CC(=O)O)c(F)c1. The van der Waals surface area contributed by atoms with Gasteiger partial charge in [0.15, 0.2) is 5.17 Å². The van der Waals surface area contributed by atoms with Crippen molar-refractivity contribution in [3.05, 3.63) is 99.7 Å². The highest BCUT2D eigenvalue weighted by Crippen LogP contribution is 2.34. The lowest BCUT2D eigenvalue weighted by molar-refractivity contribution is -0.136. The molecule has 0 bridgehead atoms. The fourth-order valence-electron chi connectivity index (χ4n) is 4.97. The van der Waals surface area contributed by atoms with Gasteiger partial charge in [-0.1, -0.05) is 61.7 Å². The predicted molar refractivity (Wildman–Crippen MR) is 156 cm³/mol. The van der Waals surface area contributed by atoms with Crippen molar-refractivity contribution in [1.82, 2.24) is 4.90 Å². The van der Waals surface area contributed by atoms with Crippen LogP contribution < -0.4 is 4.74 Å². The predicted octanol–water partition coefficient (Wildman–Crippen LogP) is 7.31. The number of carbonyl (C=O) groups excluding carboxylic acids is 1. The zero-order valence-electron chi connectivity index (χ0n) is 22.3. The maximum Gasteiger partial charge on any atom is 0.307 e. The molecule has 0 atom stereocenters. The van der Waals surface area contributed by atoms with Crippen LogP contribution in [-0.4, -0.2) is 34.1 Å². The van der Waals surface area contributed by atoms with Gasteiger partial charge in [-0.25, -0.2) is 9.38 Å². The van der Waals surface area contributed by atoms with E-state index in [9.17, 15) is 14.0 Å². The Bertz CT molecular complexity index is 1440. The lowest BCUT2D eigenvalue weighted by Gasteiger charge is -2.22. The minimum Gasteiger partial charge on any atom is -0.489 e. The van der Waals surface area contributed by atoms with Gasteiger partial charge < -0.3 is 9.84 Å². The summed E-state index contributed by atoms with van der Waals surface area (Å²) in [5, 5.41) is 9.30. The molecule has 1 amide bonds. The monoisotopic (exact) mass is 558 g/mol. The zero-order chi connectivity index (χ0) is 28.1. The Labute approximate surface area is 237 Å². The molecule has 206 valence electrons. The molecular formula is C32H31FN2O4S. The van der Waals surface area contributed by atoms with Crippen LogP contribution >= 0.6 is 11.8 Å². The topological polar surface area (TPSA) is 79.2 Å². The molecule has 1 aliphatic heterocycles. The minimum atomic E-state index is -1.11. The summed E-state index contributed by atoms with van der Waals surface area (Å²) in [7, 11) is 1.61. The number of carboxylic acids is 1. The number of likely N-dealkylation sites (N-methyl/N-ethyl adjacent to an activating group) is 1. The fraction of sp³-hybridized carbons (Fsp3) is 0.281. The Morgan fingerprint density at radius 2 is 1.80 bits per heavy atom. The number of carbonyl (C=O) groups is 2. The first-order valence-electron chi connectivity index (χ1n) is 13.4. The van der Waals surface area contributed by atoms with Gasteiger partial charge >= 0.3 is 5.97 Å². The second-order valence-corrected chi connectivity index (χ2v) is 11.2. The van der Waals surface area contributed by atoms with Gasteiger partial charge in [-0.3, -0.25) is 14.5 Å². The van der Waals surface area contributed by atoms with E-state index in [1.54, 1.807) is 19.2 Å². The lowest BCUT2D eigenvalue weighted by atomic mass is 9.84. The van der Waals surface area contributed by atoms with Crippen LogP contribution in [0.4, 0.5) is 10.1 Å². The molecule has 3 aromatic rings. The summed E-state index contributed by atoms with van der Waals surface area (Å²) in [6, 6.07) is 20.5. The van der Waals surface area contributed by atoms with Crippen molar-refractivity contribution in [2.24, 2.45) is 4.99 Å². The summed E-state index contributed by atoms with van der Waals surface area (Å²) in [6.45, 7) is 0.488. The van der Waals surface area contributed by atoms with Crippen molar-refractivity contribution >= 4 is 40.6 Å². The summed E-state index contributed by atoms with van der Waals surface area (Å²) in [5.41, 5.74) is 3.80. The molecule has 0 radical (unpaired) electrons. The van der Waals surface area contributed by atoms with E-state index in [-0.39, 0.29) is 11.5 Å². The second-order valence-electron chi connectivity index (χ2n) is 10.1. The molecule has 1 N–H and O–H groups in total. The lowest BCUT2D eigenvalue weighted by Crippen LogP contribution is -2.23. The summed E-state index contributed by atoms with van der Waals surface area (Å²) < 4.78 is 20.2. The molecule has 0 unspecified atom stereocenters. The van der Waals surface area contributed by atoms with E-state index in [4.69, 9.17) is 9.84 Å². The van der Waals surface area contributed by atoms with Crippen molar-refractivity contribution < 1.29 is 23.8 Å². The summed E-state index contributed by atoms with van der Waals surface area (Å²) >= 11 is 1.20. The van der Waals surface area contributed by atoms with E-state index < -0.39 is 18.2 Å². The van der Waals surface area contributed by atoms with E-state index in [0.717, 1.165) is 16.9 Å². The third-order valence-corrected chi connectivity index (χ3v) is 8.31. The van der Waals surface area contributed by atoms with Crippen LogP contribution in [0, 0.1) is 5.82 Å². The fourth-order valence-corrected chi connectivity index (χ4v) is 5.96. The number of hydrogen-bond donors (Lipinski definition) is 1. The van der Waals surface area contributed by atoms with Gasteiger partial charge in [0.1, 0.15) is 18.2 Å². The number of halogens is 1. The number of amidine groups is 1. The maximum atomic E-state index is 14.3. The minimum absolute atomic E-state index is 0.0838. The van der Waals surface area contributed by atoms with Crippen LogP contribution in [0.2, 0.25) is 0 Å². The molecule has 3 aromatic carbocycles. The molecule has 1 saturated carbocycles.